The van der Waals surface area contributed by atoms with Crippen molar-refractivity contribution >= 4 is 45.3 Å². The number of carboxylic acids is 1. The third kappa shape index (κ3) is 7.73. The molecule has 2 unspecified atom stereocenters. The first kappa shape index (κ1) is 32.7. The van der Waals surface area contributed by atoms with Crippen LogP contribution in [-0.2, 0) is 25.6 Å². The fraction of sp³-hybridized carbons (Fsp3) is 0.517. The molecule has 1 fully saturated rings. The molecule has 1 aliphatic heterocycles. The molecule has 1 saturated heterocycles. The van der Waals surface area contributed by atoms with Gasteiger partial charge in [0.2, 0.25) is 17.7 Å². The van der Waals surface area contributed by atoms with Gasteiger partial charge >= 0.3 is 5.97 Å². The van der Waals surface area contributed by atoms with Gasteiger partial charge in [-0.25, -0.2) is 4.79 Å². The molecular weight excluding hydrogens is 564 g/mol. The maximum atomic E-state index is 13.6. The van der Waals surface area contributed by atoms with Crippen LogP contribution in [0, 0.1) is 0 Å². The van der Waals surface area contributed by atoms with Crippen molar-refractivity contribution < 1.29 is 29.4 Å². The molecule has 2 aliphatic rings. The van der Waals surface area contributed by atoms with Crippen LogP contribution in [0.5, 0.6) is 0 Å². The number of carbonyl (C=O) groups excluding carboxylic acids is 3. The number of amides is 3. The van der Waals surface area contributed by atoms with E-state index in [0.29, 0.717) is 0 Å². The molecule has 224 valence electrons. The SMILES string of the molecule is CC1=C(C)C(O)C(C)=C1C[C@H](N)C(=O)N[C@H]1C(=O)N[C@@H](Cc2ccccc2)C(=O)N[C@@H](C(=O)O)C(C)(C)SSC1C. The van der Waals surface area contributed by atoms with E-state index < -0.39 is 64.0 Å². The number of rotatable bonds is 7. The molecule has 3 amide bonds. The molecule has 12 heteroatoms. The Hall–Kier alpha value is -2.80. The van der Waals surface area contributed by atoms with E-state index in [1.165, 1.54) is 21.6 Å². The molecule has 6 atom stereocenters. The summed E-state index contributed by atoms with van der Waals surface area (Å²) in [6.45, 7) is 10.7. The highest BCUT2D eigenvalue weighted by atomic mass is 33.1. The van der Waals surface area contributed by atoms with Crippen LogP contribution in [-0.4, -0.2) is 74.2 Å². The predicted octanol–water partition coefficient (Wildman–Crippen LogP) is 2.08. The van der Waals surface area contributed by atoms with Crippen LogP contribution in [0.4, 0.5) is 0 Å². The van der Waals surface area contributed by atoms with E-state index >= 15 is 0 Å². The molecule has 41 heavy (non-hydrogen) atoms. The number of hydrogen-bond acceptors (Lipinski definition) is 8. The van der Waals surface area contributed by atoms with Gasteiger partial charge in [-0.2, -0.15) is 0 Å². The quantitative estimate of drug-likeness (QED) is 0.255. The Bertz CT molecular complexity index is 1250. The monoisotopic (exact) mass is 604 g/mol. The van der Waals surface area contributed by atoms with Gasteiger partial charge in [0, 0.05) is 11.7 Å². The summed E-state index contributed by atoms with van der Waals surface area (Å²) in [6, 6.07) is 4.71. The second-order valence-electron chi connectivity index (χ2n) is 11.2. The third-order valence-corrected chi connectivity index (χ3v) is 11.5. The zero-order valence-corrected chi connectivity index (χ0v) is 25.8. The molecule has 1 aromatic carbocycles. The number of nitrogens with two attached hydrogens (primary N) is 1. The number of nitrogens with one attached hydrogen (secondary N) is 3. The van der Waals surface area contributed by atoms with Gasteiger partial charge in [-0.1, -0.05) is 51.9 Å². The van der Waals surface area contributed by atoms with Crippen molar-refractivity contribution in [3.8, 4) is 0 Å². The number of hydrogen-bond donors (Lipinski definition) is 6. The molecule has 0 radical (unpaired) electrons. The molecule has 0 bridgehead atoms. The average Bonchev–Trinajstić information content (AvgIpc) is 3.09. The van der Waals surface area contributed by atoms with Gasteiger partial charge in [0.15, 0.2) is 0 Å². The maximum Gasteiger partial charge on any atom is 0.327 e. The molecule has 3 rings (SSSR count). The van der Waals surface area contributed by atoms with E-state index in [9.17, 15) is 29.4 Å². The van der Waals surface area contributed by atoms with Crippen molar-refractivity contribution in [1.82, 2.24) is 16.0 Å². The molecule has 10 nitrogen and oxygen atoms in total. The molecular formula is C29H40N4O6S2. The second kappa shape index (κ2) is 13.5. The first-order chi connectivity index (χ1) is 19.1. The molecule has 0 spiro atoms. The van der Waals surface area contributed by atoms with Crippen molar-refractivity contribution in [3.63, 3.8) is 0 Å². The number of allylic oxidation sites excluding steroid dienone is 1. The molecule has 0 saturated carbocycles. The van der Waals surface area contributed by atoms with Gasteiger partial charge in [0.25, 0.3) is 0 Å². The van der Waals surface area contributed by atoms with Crippen molar-refractivity contribution in [2.75, 3.05) is 0 Å². The normalized spacial score (nSPS) is 28.0. The van der Waals surface area contributed by atoms with Gasteiger partial charge in [0.1, 0.15) is 18.1 Å². The van der Waals surface area contributed by atoms with Crippen molar-refractivity contribution in [1.29, 1.82) is 0 Å². The summed E-state index contributed by atoms with van der Waals surface area (Å²) in [5, 5.41) is 28.0. The minimum Gasteiger partial charge on any atom is -0.480 e. The van der Waals surface area contributed by atoms with Crippen LogP contribution in [0.2, 0.25) is 0 Å². The lowest BCUT2D eigenvalue weighted by molar-refractivity contribution is -0.143. The topological polar surface area (TPSA) is 171 Å². The van der Waals surface area contributed by atoms with Crippen molar-refractivity contribution in [3.05, 3.63) is 58.2 Å². The Morgan fingerprint density at radius 3 is 2.27 bits per heavy atom. The van der Waals surface area contributed by atoms with Crippen molar-refractivity contribution in [2.45, 2.75) is 94.7 Å². The Kier molecular flexibility index (Phi) is 10.7. The predicted molar refractivity (Wildman–Crippen MR) is 162 cm³/mol. The van der Waals surface area contributed by atoms with Crippen LogP contribution in [0.25, 0.3) is 0 Å². The number of carbonyl (C=O) groups is 4. The lowest BCUT2D eigenvalue weighted by Crippen LogP contribution is -2.60. The van der Waals surface area contributed by atoms with Crippen LogP contribution in [0.1, 0.15) is 53.5 Å². The lowest BCUT2D eigenvalue weighted by atomic mass is 9.98. The van der Waals surface area contributed by atoms with E-state index in [0.717, 1.165) is 27.9 Å². The van der Waals surface area contributed by atoms with Gasteiger partial charge in [-0.15, -0.1) is 0 Å². The summed E-state index contributed by atoms with van der Waals surface area (Å²) in [5.41, 5.74) is 10.4. The summed E-state index contributed by atoms with van der Waals surface area (Å²) in [5.74, 6) is -2.95. The smallest absolute Gasteiger partial charge is 0.327 e. The highest BCUT2D eigenvalue weighted by molar-refractivity contribution is 8.77. The summed E-state index contributed by atoms with van der Waals surface area (Å²) in [4.78, 5) is 52.5. The van der Waals surface area contributed by atoms with Gasteiger partial charge in [0.05, 0.1) is 16.9 Å². The van der Waals surface area contributed by atoms with Crippen LogP contribution in [0.15, 0.2) is 52.6 Å². The van der Waals surface area contributed by atoms with Gasteiger partial charge in [-0.05, 0) is 75.8 Å². The lowest BCUT2D eigenvalue weighted by Gasteiger charge is -2.32. The van der Waals surface area contributed by atoms with Crippen molar-refractivity contribution in [2.24, 2.45) is 5.73 Å². The molecule has 0 aromatic heterocycles. The van der Waals surface area contributed by atoms with E-state index in [2.05, 4.69) is 16.0 Å². The number of aliphatic hydroxyl groups excluding tert-OH is 1. The highest BCUT2D eigenvalue weighted by Gasteiger charge is 2.42. The largest absolute Gasteiger partial charge is 0.480 e. The molecule has 1 aromatic rings. The van der Waals surface area contributed by atoms with Crippen LogP contribution < -0.4 is 21.7 Å². The minimum atomic E-state index is -1.23. The highest BCUT2D eigenvalue weighted by Crippen LogP contribution is 2.42. The van der Waals surface area contributed by atoms with E-state index in [4.69, 9.17) is 5.73 Å². The summed E-state index contributed by atoms with van der Waals surface area (Å²) in [6.07, 6.45) is -0.386. The standard InChI is InChI=1S/C29H40N4O6S2/c1-14-15(2)23(34)16(3)19(14)13-20(30)25(35)32-22-17(4)40-41-29(5,6)24(28(38)39)33-26(36)21(31-27(22)37)12-18-10-8-7-9-11-18/h7-11,17,20-24,34H,12-13,30H2,1-6H3,(H,31,37)(H,32,35)(H,33,36)(H,38,39)/t17?,20-,21-,22+,23?,24-/m0/s1. The molecule has 1 aliphatic carbocycles. The first-order valence-electron chi connectivity index (χ1n) is 13.5. The summed E-state index contributed by atoms with van der Waals surface area (Å²) >= 11 is 0. The number of aliphatic carboxylic acids is 1. The zero-order chi connectivity index (χ0) is 30.6. The number of aliphatic hydroxyl groups is 1. The Balaban J connectivity index is 1.89. The summed E-state index contributed by atoms with van der Waals surface area (Å²) < 4.78 is -0.953. The fourth-order valence-electron chi connectivity index (χ4n) is 4.91. The third-order valence-electron chi connectivity index (χ3n) is 7.71. The maximum absolute atomic E-state index is 13.6. The fourth-order valence-corrected chi connectivity index (χ4v) is 7.69. The number of carboxylic acid groups (broad SMARTS) is 1. The Morgan fingerprint density at radius 1 is 1.07 bits per heavy atom. The van der Waals surface area contributed by atoms with Gasteiger partial charge < -0.3 is 31.9 Å². The Labute approximate surface area is 248 Å². The van der Waals surface area contributed by atoms with E-state index in [1.54, 1.807) is 20.8 Å². The molecule has 1 heterocycles. The Morgan fingerprint density at radius 2 is 1.71 bits per heavy atom. The second-order valence-corrected chi connectivity index (χ2v) is 14.4. The molecule has 7 N–H and O–H groups in total. The summed E-state index contributed by atoms with van der Waals surface area (Å²) in [7, 11) is 2.48. The van der Waals surface area contributed by atoms with Gasteiger partial charge in [-0.3, -0.25) is 14.4 Å². The van der Waals surface area contributed by atoms with E-state index in [-0.39, 0.29) is 12.8 Å². The number of benzene rings is 1. The minimum absolute atomic E-state index is 0.126. The van der Waals surface area contributed by atoms with E-state index in [1.807, 2.05) is 51.1 Å². The first-order valence-corrected chi connectivity index (χ1v) is 15.7. The van der Waals surface area contributed by atoms with Crippen LogP contribution >= 0.6 is 21.6 Å². The van der Waals surface area contributed by atoms with Crippen LogP contribution in [0.3, 0.4) is 0 Å². The average molecular weight is 605 g/mol. The zero-order valence-electron chi connectivity index (χ0n) is 24.2.